The standard InChI is InChI=1S/C19H27Br2N3/c1-3-5-7-9-11-15-16(12-10-8-6-4-2)24-18-17(23-15)14(20)13-22-19(18)21/h13H,3-12H2,1-2H3. The maximum absolute atomic E-state index is 4.95. The van der Waals surface area contributed by atoms with Gasteiger partial charge >= 0.3 is 0 Å². The van der Waals surface area contributed by atoms with Gasteiger partial charge in [0.2, 0.25) is 0 Å². The molecule has 0 atom stereocenters. The van der Waals surface area contributed by atoms with Crippen LogP contribution < -0.4 is 0 Å². The fourth-order valence-electron chi connectivity index (χ4n) is 2.89. The average molecular weight is 457 g/mol. The van der Waals surface area contributed by atoms with Gasteiger partial charge in [-0.05, 0) is 57.5 Å². The molecule has 132 valence electrons. The maximum atomic E-state index is 4.95. The van der Waals surface area contributed by atoms with Crippen molar-refractivity contribution < 1.29 is 0 Å². The molecule has 0 spiro atoms. The molecule has 0 radical (unpaired) electrons. The Bertz CT molecular complexity index is 602. The Balaban J connectivity index is 2.25. The van der Waals surface area contributed by atoms with Crippen LogP contribution in [0.1, 0.15) is 76.6 Å². The van der Waals surface area contributed by atoms with Crippen molar-refractivity contribution in [3.63, 3.8) is 0 Å². The normalized spacial score (nSPS) is 11.3. The molecule has 0 aliphatic carbocycles. The van der Waals surface area contributed by atoms with E-state index in [1.54, 1.807) is 6.20 Å². The molecule has 0 saturated carbocycles. The first-order valence-corrected chi connectivity index (χ1v) is 10.8. The highest BCUT2D eigenvalue weighted by Gasteiger charge is 2.13. The van der Waals surface area contributed by atoms with Crippen LogP contribution >= 0.6 is 31.9 Å². The molecule has 0 aliphatic heterocycles. The van der Waals surface area contributed by atoms with Gasteiger partial charge < -0.3 is 0 Å². The van der Waals surface area contributed by atoms with Crippen molar-refractivity contribution in [3.8, 4) is 0 Å². The van der Waals surface area contributed by atoms with E-state index >= 15 is 0 Å². The second kappa shape index (κ2) is 10.4. The number of hydrogen-bond donors (Lipinski definition) is 0. The first kappa shape index (κ1) is 19.8. The molecule has 0 amide bonds. The van der Waals surface area contributed by atoms with Gasteiger partial charge in [-0.2, -0.15) is 0 Å². The summed E-state index contributed by atoms with van der Waals surface area (Å²) in [5.74, 6) is 0. The fraction of sp³-hybridized carbons (Fsp3) is 0.632. The lowest BCUT2D eigenvalue weighted by Crippen LogP contribution is -2.05. The van der Waals surface area contributed by atoms with Crippen LogP contribution in [0.2, 0.25) is 0 Å². The number of rotatable bonds is 10. The van der Waals surface area contributed by atoms with Crippen molar-refractivity contribution in [3.05, 3.63) is 26.7 Å². The highest BCUT2D eigenvalue weighted by Crippen LogP contribution is 2.27. The minimum absolute atomic E-state index is 0.778. The smallest absolute Gasteiger partial charge is 0.133 e. The van der Waals surface area contributed by atoms with Gasteiger partial charge in [-0.25, -0.2) is 15.0 Å². The molecule has 0 bridgehead atoms. The number of pyridine rings is 1. The van der Waals surface area contributed by atoms with E-state index in [2.05, 4.69) is 50.7 Å². The van der Waals surface area contributed by atoms with E-state index in [0.717, 1.165) is 38.6 Å². The SMILES string of the molecule is CCCCCCc1nc2c(Br)cnc(Br)c2nc1CCCCCC. The van der Waals surface area contributed by atoms with Crippen molar-refractivity contribution >= 4 is 42.9 Å². The highest BCUT2D eigenvalue weighted by atomic mass is 79.9. The van der Waals surface area contributed by atoms with Gasteiger partial charge in [0, 0.05) is 6.20 Å². The molecule has 2 aromatic heterocycles. The van der Waals surface area contributed by atoms with Crippen LogP contribution in [0, 0.1) is 0 Å². The number of hydrogen-bond acceptors (Lipinski definition) is 3. The summed E-state index contributed by atoms with van der Waals surface area (Å²) in [7, 11) is 0. The Kier molecular flexibility index (Phi) is 8.60. The van der Waals surface area contributed by atoms with Crippen molar-refractivity contribution in [2.24, 2.45) is 0 Å². The molecule has 3 nitrogen and oxygen atoms in total. The average Bonchev–Trinajstić information content (AvgIpc) is 2.59. The first-order valence-electron chi connectivity index (χ1n) is 9.16. The zero-order chi connectivity index (χ0) is 17.4. The van der Waals surface area contributed by atoms with E-state index in [0.29, 0.717) is 0 Å². The zero-order valence-corrected chi connectivity index (χ0v) is 17.9. The summed E-state index contributed by atoms with van der Waals surface area (Å²) < 4.78 is 1.70. The van der Waals surface area contributed by atoms with E-state index in [9.17, 15) is 0 Å². The van der Waals surface area contributed by atoms with Crippen LogP contribution in [0.3, 0.4) is 0 Å². The number of aryl methyl sites for hydroxylation is 2. The number of fused-ring (bicyclic) bond motifs is 1. The summed E-state index contributed by atoms with van der Waals surface area (Å²) in [5.41, 5.74) is 4.12. The van der Waals surface area contributed by atoms with E-state index < -0.39 is 0 Å². The maximum Gasteiger partial charge on any atom is 0.133 e. The van der Waals surface area contributed by atoms with Gasteiger partial charge in [0.25, 0.3) is 0 Å². The zero-order valence-electron chi connectivity index (χ0n) is 14.7. The number of nitrogens with zero attached hydrogens (tertiary/aromatic N) is 3. The van der Waals surface area contributed by atoms with Crippen molar-refractivity contribution in [1.29, 1.82) is 0 Å². The summed E-state index contributed by atoms with van der Waals surface area (Å²) in [6.07, 6.45) is 13.9. The second-order valence-corrected chi connectivity index (χ2v) is 7.94. The van der Waals surface area contributed by atoms with Crippen LogP contribution in [-0.4, -0.2) is 15.0 Å². The molecular weight excluding hydrogens is 430 g/mol. The Hall–Kier alpha value is -0.550. The molecule has 5 heteroatoms. The Morgan fingerprint density at radius 3 is 1.83 bits per heavy atom. The Morgan fingerprint density at radius 1 is 0.750 bits per heavy atom. The molecule has 0 aromatic carbocycles. The topological polar surface area (TPSA) is 38.7 Å². The molecule has 0 unspecified atom stereocenters. The van der Waals surface area contributed by atoms with E-state index in [1.165, 1.54) is 57.1 Å². The predicted molar refractivity (Wildman–Crippen MR) is 108 cm³/mol. The fourth-order valence-corrected chi connectivity index (χ4v) is 3.65. The van der Waals surface area contributed by atoms with Crippen LogP contribution in [0.5, 0.6) is 0 Å². The van der Waals surface area contributed by atoms with Gasteiger partial charge in [0.15, 0.2) is 0 Å². The van der Waals surface area contributed by atoms with E-state index in [1.807, 2.05) is 0 Å². The summed E-state index contributed by atoms with van der Waals surface area (Å²) in [4.78, 5) is 14.2. The molecule has 0 aliphatic rings. The van der Waals surface area contributed by atoms with Gasteiger partial charge in [0.05, 0.1) is 15.9 Å². The second-order valence-electron chi connectivity index (χ2n) is 6.33. The van der Waals surface area contributed by atoms with Crippen molar-refractivity contribution in [2.75, 3.05) is 0 Å². The van der Waals surface area contributed by atoms with E-state index in [-0.39, 0.29) is 0 Å². The molecule has 2 heterocycles. The third kappa shape index (κ3) is 5.48. The number of aromatic nitrogens is 3. The molecule has 2 aromatic rings. The van der Waals surface area contributed by atoms with Crippen LogP contribution in [0.15, 0.2) is 15.3 Å². The third-order valence-electron chi connectivity index (χ3n) is 4.30. The minimum Gasteiger partial charge on any atom is -0.248 e. The molecule has 2 rings (SSSR count). The van der Waals surface area contributed by atoms with Crippen molar-refractivity contribution in [1.82, 2.24) is 15.0 Å². The lowest BCUT2D eigenvalue weighted by Gasteiger charge is -2.11. The van der Waals surface area contributed by atoms with Gasteiger partial charge in [-0.15, -0.1) is 0 Å². The van der Waals surface area contributed by atoms with Crippen LogP contribution in [0.25, 0.3) is 11.0 Å². The lowest BCUT2D eigenvalue weighted by atomic mass is 10.0. The quantitative estimate of drug-likeness (QED) is 0.291. The highest BCUT2D eigenvalue weighted by molar-refractivity contribution is 9.11. The van der Waals surface area contributed by atoms with E-state index in [4.69, 9.17) is 9.97 Å². The molecular formula is C19H27Br2N3. The third-order valence-corrected chi connectivity index (χ3v) is 5.46. The monoisotopic (exact) mass is 455 g/mol. The Morgan fingerprint density at radius 2 is 1.29 bits per heavy atom. The lowest BCUT2D eigenvalue weighted by molar-refractivity contribution is 0.638. The molecule has 0 fully saturated rings. The summed E-state index contributed by atoms with van der Waals surface area (Å²) in [6.45, 7) is 4.49. The Labute approximate surface area is 162 Å². The van der Waals surface area contributed by atoms with Gasteiger partial charge in [-0.3, -0.25) is 0 Å². The van der Waals surface area contributed by atoms with Crippen molar-refractivity contribution in [2.45, 2.75) is 78.1 Å². The molecule has 24 heavy (non-hydrogen) atoms. The predicted octanol–water partition coefficient (Wildman–Crippen LogP) is 6.80. The van der Waals surface area contributed by atoms with Crippen LogP contribution in [0.4, 0.5) is 0 Å². The molecule has 0 N–H and O–H groups in total. The minimum atomic E-state index is 0.778. The van der Waals surface area contributed by atoms with Crippen LogP contribution in [-0.2, 0) is 12.8 Å². The molecule has 0 saturated heterocycles. The summed E-state index contributed by atoms with van der Waals surface area (Å²) >= 11 is 7.09. The van der Waals surface area contributed by atoms with Gasteiger partial charge in [-0.1, -0.05) is 52.4 Å². The largest absolute Gasteiger partial charge is 0.248 e. The summed E-state index contributed by atoms with van der Waals surface area (Å²) in [6, 6.07) is 0. The first-order chi connectivity index (χ1) is 11.7. The number of halogens is 2. The summed E-state index contributed by atoms with van der Waals surface area (Å²) in [5, 5.41) is 0. The number of unbranched alkanes of at least 4 members (excludes halogenated alkanes) is 6. The van der Waals surface area contributed by atoms with Gasteiger partial charge in [0.1, 0.15) is 15.6 Å².